The van der Waals surface area contributed by atoms with Gasteiger partial charge in [-0.1, -0.05) is 24.8 Å². The highest BCUT2D eigenvalue weighted by Gasteiger charge is 2.40. The fourth-order valence-corrected chi connectivity index (χ4v) is 2.20. The normalized spacial score (nSPS) is 13.9. The monoisotopic (exact) mass is 265 g/mol. The molecule has 0 fully saturated rings. The second-order valence-electron chi connectivity index (χ2n) is 4.53. The van der Waals surface area contributed by atoms with E-state index in [1.165, 1.54) is 6.07 Å². The standard InChI is InChI=1S/C10H14F3NO2Si/c1-15-14-9(10(11,12)13)7-5-6-8(16-7)17(2,3)4/h5-6H,1-4H3/b14-9+. The number of rotatable bonds is 3. The summed E-state index contributed by atoms with van der Waals surface area (Å²) in [6.07, 6.45) is -4.59. The van der Waals surface area contributed by atoms with E-state index in [-0.39, 0.29) is 5.76 Å². The van der Waals surface area contributed by atoms with Gasteiger partial charge in [-0.15, -0.1) is 0 Å². The first kappa shape index (κ1) is 13.8. The summed E-state index contributed by atoms with van der Waals surface area (Å²) < 4.78 is 43.1. The fourth-order valence-electron chi connectivity index (χ4n) is 1.20. The van der Waals surface area contributed by atoms with Gasteiger partial charge < -0.3 is 9.25 Å². The molecule has 0 aliphatic rings. The number of hydrogen-bond acceptors (Lipinski definition) is 3. The molecule has 0 atom stereocenters. The van der Waals surface area contributed by atoms with Crippen molar-refractivity contribution in [2.75, 3.05) is 7.11 Å². The van der Waals surface area contributed by atoms with E-state index in [9.17, 15) is 13.2 Å². The van der Waals surface area contributed by atoms with E-state index < -0.39 is 20.0 Å². The molecular formula is C10H14F3NO2Si. The first-order chi connectivity index (χ1) is 7.66. The Morgan fingerprint density at radius 2 is 1.88 bits per heavy atom. The number of furan rings is 1. The number of oxime groups is 1. The van der Waals surface area contributed by atoms with Crippen LogP contribution < -0.4 is 5.38 Å². The van der Waals surface area contributed by atoms with E-state index in [1.807, 2.05) is 19.6 Å². The van der Waals surface area contributed by atoms with Gasteiger partial charge >= 0.3 is 6.18 Å². The predicted octanol–water partition coefficient (Wildman–Crippen LogP) is 2.74. The van der Waals surface area contributed by atoms with Gasteiger partial charge in [-0.25, -0.2) is 0 Å². The zero-order valence-corrected chi connectivity index (χ0v) is 11.1. The van der Waals surface area contributed by atoms with Crippen LogP contribution in [0.2, 0.25) is 19.6 Å². The lowest BCUT2D eigenvalue weighted by atomic mass is 10.3. The molecule has 1 rings (SSSR count). The van der Waals surface area contributed by atoms with Crippen LogP contribution in [0.5, 0.6) is 0 Å². The summed E-state index contributed by atoms with van der Waals surface area (Å²) in [6, 6.07) is 2.84. The molecule has 0 saturated carbocycles. The van der Waals surface area contributed by atoms with Crippen LogP contribution in [0.1, 0.15) is 5.76 Å². The van der Waals surface area contributed by atoms with Gasteiger partial charge in [0.15, 0.2) is 5.76 Å². The molecule has 96 valence electrons. The molecule has 0 aromatic carbocycles. The van der Waals surface area contributed by atoms with E-state index in [2.05, 4.69) is 9.99 Å². The SMILES string of the molecule is CO/N=C(\c1ccc([Si](C)(C)C)o1)C(F)(F)F. The van der Waals surface area contributed by atoms with Gasteiger partial charge in [0.1, 0.15) is 15.2 Å². The zero-order valence-electron chi connectivity index (χ0n) is 10.1. The van der Waals surface area contributed by atoms with Crippen molar-refractivity contribution < 1.29 is 22.4 Å². The molecule has 7 heteroatoms. The quantitative estimate of drug-likeness (QED) is 0.478. The number of alkyl halides is 3. The smallest absolute Gasteiger partial charge is 0.440 e. The highest BCUT2D eigenvalue weighted by atomic mass is 28.3. The molecule has 17 heavy (non-hydrogen) atoms. The molecule has 0 amide bonds. The van der Waals surface area contributed by atoms with Crippen molar-refractivity contribution in [2.24, 2.45) is 5.16 Å². The van der Waals surface area contributed by atoms with Gasteiger partial charge in [0.25, 0.3) is 0 Å². The van der Waals surface area contributed by atoms with E-state index >= 15 is 0 Å². The molecule has 1 aromatic rings. The summed E-state index contributed by atoms with van der Waals surface area (Å²) in [4.78, 5) is 4.20. The van der Waals surface area contributed by atoms with Gasteiger partial charge in [0, 0.05) is 0 Å². The van der Waals surface area contributed by atoms with Crippen LogP contribution in [-0.4, -0.2) is 27.1 Å². The summed E-state index contributed by atoms with van der Waals surface area (Å²) in [5, 5.41) is 3.57. The zero-order chi connectivity index (χ0) is 13.3. The third kappa shape index (κ3) is 3.35. The highest BCUT2D eigenvalue weighted by Crippen LogP contribution is 2.23. The van der Waals surface area contributed by atoms with Crippen LogP contribution >= 0.6 is 0 Å². The third-order valence-electron chi connectivity index (χ3n) is 2.03. The van der Waals surface area contributed by atoms with Crippen LogP contribution in [0.15, 0.2) is 21.7 Å². The van der Waals surface area contributed by atoms with Gasteiger partial charge in [-0.3, -0.25) is 0 Å². The lowest BCUT2D eigenvalue weighted by Gasteiger charge is -2.12. The second kappa shape index (κ2) is 4.56. The molecule has 0 aliphatic carbocycles. The van der Waals surface area contributed by atoms with E-state index in [1.54, 1.807) is 6.07 Å². The van der Waals surface area contributed by atoms with Crippen molar-refractivity contribution in [2.45, 2.75) is 25.8 Å². The average molecular weight is 265 g/mol. The average Bonchev–Trinajstić information content (AvgIpc) is 2.59. The molecule has 0 N–H and O–H groups in total. The molecule has 1 aromatic heterocycles. The number of nitrogens with zero attached hydrogens (tertiary/aromatic N) is 1. The Morgan fingerprint density at radius 1 is 1.29 bits per heavy atom. The maximum atomic E-state index is 12.6. The van der Waals surface area contributed by atoms with Crippen molar-refractivity contribution in [1.82, 2.24) is 0 Å². The highest BCUT2D eigenvalue weighted by molar-refractivity contribution is 6.87. The molecule has 0 spiro atoms. The van der Waals surface area contributed by atoms with Crippen LogP contribution in [0.4, 0.5) is 13.2 Å². The molecule has 1 heterocycles. The van der Waals surface area contributed by atoms with Crippen molar-refractivity contribution in [1.29, 1.82) is 0 Å². The summed E-state index contributed by atoms with van der Waals surface area (Å²) in [5.74, 6) is -0.309. The Balaban J connectivity index is 3.15. The lowest BCUT2D eigenvalue weighted by molar-refractivity contribution is -0.0616. The number of halogens is 3. The summed E-state index contributed by atoms with van der Waals surface area (Å²) in [5.41, 5.74) is -1.15. The molecular weight excluding hydrogens is 251 g/mol. The Bertz CT molecular complexity index is 418. The Hall–Kier alpha value is -1.24. The van der Waals surface area contributed by atoms with E-state index in [0.717, 1.165) is 7.11 Å². The van der Waals surface area contributed by atoms with Gasteiger partial charge in [0.05, 0.1) is 5.38 Å². The molecule has 0 saturated heterocycles. The third-order valence-corrected chi connectivity index (χ3v) is 3.78. The fraction of sp³-hybridized carbons (Fsp3) is 0.500. The molecule has 0 radical (unpaired) electrons. The van der Waals surface area contributed by atoms with Crippen LogP contribution in [0.3, 0.4) is 0 Å². The Morgan fingerprint density at radius 3 is 2.24 bits per heavy atom. The van der Waals surface area contributed by atoms with Crippen molar-refractivity contribution in [3.8, 4) is 0 Å². The Labute approximate surface area is 98.3 Å². The summed E-state index contributed by atoms with van der Waals surface area (Å²) in [6.45, 7) is 5.95. The number of hydrogen-bond donors (Lipinski definition) is 0. The second-order valence-corrected chi connectivity index (χ2v) is 9.53. The van der Waals surface area contributed by atoms with Crippen LogP contribution in [0.25, 0.3) is 0 Å². The van der Waals surface area contributed by atoms with Crippen molar-refractivity contribution in [3.63, 3.8) is 0 Å². The van der Waals surface area contributed by atoms with Gasteiger partial charge in [-0.05, 0) is 12.1 Å². The minimum absolute atomic E-state index is 0.309. The van der Waals surface area contributed by atoms with E-state index in [0.29, 0.717) is 5.38 Å². The van der Waals surface area contributed by atoms with Crippen molar-refractivity contribution >= 4 is 19.2 Å². The van der Waals surface area contributed by atoms with Crippen molar-refractivity contribution in [3.05, 3.63) is 17.9 Å². The molecule has 0 aliphatic heterocycles. The maximum absolute atomic E-state index is 12.6. The topological polar surface area (TPSA) is 34.7 Å². The lowest BCUT2D eigenvalue weighted by Crippen LogP contribution is -2.36. The first-order valence-corrected chi connectivity index (χ1v) is 8.45. The Kier molecular flexibility index (Phi) is 3.70. The van der Waals surface area contributed by atoms with Gasteiger partial charge in [-0.2, -0.15) is 13.2 Å². The molecule has 0 bridgehead atoms. The molecule has 0 unspecified atom stereocenters. The summed E-state index contributed by atoms with van der Waals surface area (Å²) in [7, 11) is -0.707. The minimum atomic E-state index is -4.59. The largest absolute Gasteiger partial charge is 0.464 e. The van der Waals surface area contributed by atoms with Crippen LogP contribution in [-0.2, 0) is 4.84 Å². The van der Waals surface area contributed by atoms with E-state index in [4.69, 9.17) is 4.42 Å². The first-order valence-electron chi connectivity index (χ1n) is 4.95. The minimum Gasteiger partial charge on any atom is -0.464 e. The van der Waals surface area contributed by atoms with Gasteiger partial charge in [0.2, 0.25) is 5.71 Å². The maximum Gasteiger partial charge on any atom is 0.440 e. The predicted molar refractivity (Wildman–Crippen MR) is 61.3 cm³/mol. The summed E-state index contributed by atoms with van der Waals surface area (Å²) >= 11 is 0. The van der Waals surface area contributed by atoms with Crippen LogP contribution in [0, 0.1) is 0 Å². The molecule has 3 nitrogen and oxygen atoms in total.